The van der Waals surface area contributed by atoms with Crippen molar-refractivity contribution in [2.45, 2.75) is 20.5 Å². The number of hydrogen-bond acceptors (Lipinski definition) is 5. The third kappa shape index (κ3) is 2.69. The fourth-order valence-electron chi connectivity index (χ4n) is 1.32. The van der Waals surface area contributed by atoms with Crippen LogP contribution in [0.4, 0.5) is 5.69 Å². The molecule has 2 N–H and O–H groups in total. The van der Waals surface area contributed by atoms with Gasteiger partial charge in [-0.05, 0) is 26.0 Å². The summed E-state index contributed by atoms with van der Waals surface area (Å²) in [6.45, 7) is 4.03. The van der Waals surface area contributed by atoms with Crippen LogP contribution in [0.1, 0.15) is 17.2 Å². The minimum Gasteiger partial charge on any atom is -0.483 e. The second kappa shape index (κ2) is 4.78. The number of benzene rings is 1. The smallest absolute Gasteiger partial charge is 0.189 e. The van der Waals surface area contributed by atoms with Crippen LogP contribution >= 0.6 is 0 Å². The summed E-state index contributed by atoms with van der Waals surface area (Å²) in [6, 6.07) is 7.32. The number of anilines is 1. The number of ether oxygens (including phenoxy) is 1. The van der Waals surface area contributed by atoms with E-state index >= 15 is 0 Å². The molecule has 17 heavy (non-hydrogen) atoms. The van der Waals surface area contributed by atoms with E-state index < -0.39 is 0 Å². The van der Waals surface area contributed by atoms with Crippen LogP contribution in [-0.4, -0.2) is 15.2 Å². The summed E-state index contributed by atoms with van der Waals surface area (Å²) < 4.78 is 5.53. The van der Waals surface area contributed by atoms with Crippen molar-refractivity contribution in [1.82, 2.24) is 15.2 Å². The Balaban J connectivity index is 2.08. The van der Waals surface area contributed by atoms with Gasteiger partial charge in [0.05, 0.1) is 17.1 Å². The van der Waals surface area contributed by atoms with Crippen LogP contribution in [0.5, 0.6) is 5.75 Å². The van der Waals surface area contributed by atoms with Gasteiger partial charge in [-0.2, -0.15) is 5.10 Å². The van der Waals surface area contributed by atoms with Crippen molar-refractivity contribution in [3.8, 4) is 5.75 Å². The van der Waals surface area contributed by atoms with Crippen LogP contribution in [0, 0.1) is 13.8 Å². The minimum atomic E-state index is 0.266. The predicted octanol–water partition coefficient (Wildman–Crippen LogP) is 1.65. The third-order valence-electron chi connectivity index (χ3n) is 2.41. The normalized spacial score (nSPS) is 10.2. The van der Waals surface area contributed by atoms with Crippen molar-refractivity contribution in [3.05, 3.63) is 41.5 Å². The molecule has 2 rings (SSSR count). The molecular weight excluding hydrogens is 216 g/mol. The highest BCUT2D eigenvalue weighted by atomic mass is 16.5. The van der Waals surface area contributed by atoms with Gasteiger partial charge in [0.15, 0.2) is 5.82 Å². The highest BCUT2D eigenvalue weighted by Crippen LogP contribution is 2.20. The van der Waals surface area contributed by atoms with Gasteiger partial charge in [0, 0.05) is 0 Å². The van der Waals surface area contributed by atoms with E-state index in [1.54, 1.807) is 6.07 Å². The molecule has 0 aliphatic carbocycles. The summed E-state index contributed by atoms with van der Waals surface area (Å²) in [5, 5.41) is 7.95. The van der Waals surface area contributed by atoms with Gasteiger partial charge >= 0.3 is 0 Å². The van der Waals surface area contributed by atoms with Gasteiger partial charge in [-0.1, -0.05) is 12.1 Å². The highest BCUT2D eigenvalue weighted by Gasteiger charge is 2.04. The minimum absolute atomic E-state index is 0.266. The van der Waals surface area contributed by atoms with E-state index in [2.05, 4.69) is 15.2 Å². The molecule has 0 saturated carbocycles. The van der Waals surface area contributed by atoms with Crippen LogP contribution in [0.15, 0.2) is 24.3 Å². The van der Waals surface area contributed by atoms with E-state index in [1.807, 2.05) is 32.0 Å². The van der Waals surface area contributed by atoms with Gasteiger partial charge in [-0.3, -0.25) is 0 Å². The molecule has 1 aromatic heterocycles. The Hall–Kier alpha value is -2.17. The molecule has 0 saturated heterocycles. The molecule has 1 aromatic carbocycles. The number of aromatic nitrogens is 3. The van der Waals surface area contributed by atoms with Gasteiger partial charge in [0.2, 0.25) is 0 Å². The average molecular weight is 230 g/mol. The number of hydrogen-bond donors (Lipinski definition) is 1. The Morgan fingerprint density at radius 2 is 1.88 bits per heavy atom. The van der Waals surface area contributed by atoms with Crippen LogP contribution in [0.2, 0.25) is 0 Å². The molecule has 0 amide bonds. The molecule has 88 valence electrons. The maximum atomic E-state index is 5.76. The Morgan fingerprint density at radius 3 is 2.59 bits per heavy atom. The van der Waals surface area contributed by atoms with Crippen LogP contribution in [-0.2, 0) is 6.61 Å². The molecule has 5 heteroatoms. The summed E-state index contributed by atoms with van der Waals surface area (Å²) in [5.41, 5.74) is 8.05. The largest absolute Gasteiger partial charge is 0.483 e. The summed E-state index contributed by atoms with van der Waals surface area (Å²) in [5.74, 6) is 1.19. The van der Waals surface area contributed by atoms with Crippen molar-refractivity contribution in [3.63, 3.8) is 0 Å². The Labute approximate surface area is 99.7 Å². The van der Waals surface area contributed by atoms with E-state index in [1.165, 1.54) is 0 Å². The van der Waals surface area contributed by atoms with Crippen LogP contribution in [0.3, 0.4) is 0 Å². The first kappa shape index (κ1) is 11.3. The van der Waals surface area contributed by atoms with E-state index in [0.29, 0.717) is 17.3 Å². The second-order valence-corrected chi connectivity index (χ2v) is 3.73. The average Bonchev–Trinajstić information content (AvgIpc) is 2.32. The van der Waals surface area contributed by atoms with Gasteiger partial charge in [-0.25, -0.2) is 4.98 Å². The lowest BCUT2D eigenvalue weighted by Gasteiger charge is -2.07. The van der Waals surface area contributed by atoms with Crippen molar-refractivity contribution < 1.29 is 4.74 Å². The maximum absolute atomic E-state index is 5.76. The molecule has 0 aliphatic heterocycles. The topological polar surface area (TPSA) is 73.9 Å². The first-order valence-corrected chi connectivity index (χ1v) is 5.31. The van der Waals surface area contributed by atoms with Gasteiger partial charge in [0.25, 0.3) is 0 Å². The summed E-state index contributed by atoms with van der Waals surface area (Å²) in [4.78, 5) is 4.28. The quantitative estimate of drug-likeness (QED) is 0.811. The van der Waals surface area contributed by atoms with Crippen molar-refractivity contribution in [1.29, 1.82) is 0 Å². The fraction of sp³-hybridized carbons (Fsp3) is 0.250. The van der Waals surface area contributed by atoms with Gasteiger partial charge in [0.1, 0.15) is 12.4 Å². The lowest BCUT2D eigenvalue weighted by atomic mass is 10.3. The zero-order valence-corrected chi connectivity index (χ0v) is 9.84. The van der Waals surface area contributed by atoms with Crippen molar-refractivity contribution >= 4 is 5.69 Å². The summed E-state index contributed by atoms with van der Waals surface area (Å²) in [7, 11) is 0. The first-order valence-electron chi connectivity index (χ1n) is 5.31. The monoisotopic (exact) mass is 230 g/mol. The van der Waals surface area contributed by atoms with E-state index in [4.69, 9.17) is 10.5 Å². The van der Waals surface area contributed by atoms with Gasteiger partial charge < -0.3 is 10.5 Å². The number of rotatable bonds is 3. The number of nitrogen functional groups attached to an aromatic ring is 1. The number of aryl methyl sites for hydroxylation is 2. The van der Waals surface area contributed by atoms with Gasteiger partial charge in [-0.15, -0.1) is 5.10 Å². The van der Waals surface area contributed by atoms with Crippen molar-refractivity contribution in [2.75, 3.05) is 5.73 Å². The molecular formula is C12H14N4O. The zero-order valence-electron chi connectivity index (χ0n) is 9.84. The third-order valence-corrected chi connectivity index (χ3v) is 2.41. The molecule has 0 atom stereocenters. The number of nitrogens with zero attached hydrogens (tertiary/aromatic N) is 3. The zero-order chi connectivity index (χ0) is 12.3. The number of para-hydroxylation sites is 2. The molecule has 0 radical (unpaired) electrons. The Bertz CT molecular complexity index is 528. The highest BCUT2D eigenvalue weighted by molar-refractivity contribution is 5.51. The van der Waals surface area contributed by atoms with Crippen LogP contribution in [0.25, 0.3) is 0 Å². The predicted molar refractivity (Wildman–Crippen MR) is 64.5 cm³/mol. The van der Waals surface area contributed by atoms with E-state index in [9.17, 15) is 0 Å². The molecule has 0 spiro atoms. The fourth-order valence-corrected chi connectivity index (χ4v) is 1.32. The summed E-state index contributed by atoms with van der Waals surface area (Å²) in [6.07, 6.45) is 0. The van der Waals surface area contributed by atoms with Crippen molar-refractivity contribution in [2.24, 2.45) is 0 Å². The molecule has 0 aliphatic rings. The number of nitrogens with two attached hydrogens (primary N) is 1. The lowest BCUT2D eigenvalue weighted by Crippen LogP contribution is -2.07. The molecule has 5 nitrogen and oxygen atoms in total. The van der Waals surface area contributed by atoms with Crippen LogP contribution < -0.4 is 10.5 Å². The maximum Gasteiger partial charge on any atom is 0.189 e. The molecule has 0 bridgehead atoms. The standard InChI is InChI=1S/C12H14N4O/c1-8-9(2)15-16-12(14-8)7-17-11-6-4-3-5-10(11)13/h3-6H,7,13H2,1-2H3. The Morgan fingerprint density at radius 1 is 1.12 bits per heavy atom. The van der Waals surface area contributed by atoms with E-state index in [-0.39, 0.29) is 6.61 Å². The lowest BCUT2D eigenvalue weighted by molar-refractivity contribution is 0.295. The molecule has 0 unspecified atom stereocenters. The molecule has 2 aromatic rings. The van der Waals surface area contributed by atoms with E-state index in [0.717, 1.165) is 11.4 Å². The SMILES string of the molecule is Cc1nnc(COc2ccccc2N)nc1C. The Kier molecular flexibility index (Phi) is 3.18. The molecule has 0 fully saturated rings. The first-order chi connectivity index (χ1) is 8.16. The second-order valence-electron chi connectivity index (χ2n) is 3.73. The summed E-state index contributed by atoms with van der Waals surface area (Å²) >= 11 is 0. The molecule has 1 heterocycles.